The third-order valence-corrected chi connectivity index (χ3v) is 5.80. The number of carbonyl (C=O) groups is 1. The third kappa shape index (κ3) is 2.16. The van der Waals surface area contributed by atoms with Crippen molar-refractivity contribution in [2.24, 2.45) is 17.6 Å². The lowest BCUT2D eigenvalue weighted by atomic mass is 10.1. The quantitative estimate of drug-likeness (QED) is 0.947. The maximum atomic E-state index is 13.0. The lowest BCUT2D eigenvalue weighted by molar-refractivity contribution is 0.0708. The van der Waals surface area contributed by atoms with Crippen LogP contribution < -0.4 is 5.73 Å². The molecular formula is C17H19N3OS. The largest absolute Gasteiger partial charge is 0.332 e. The predicted molar refractivity (Wildman–Crippen MR) is 87.8 cm³/mol. The van der Waals surface area contributed by atoms with E-state index in [-0.39, 0.29) is 11.9 Å². The first kappa shape index (κ1) is 13.9. The molecule has 2 aliphatic rings. The summed E-state index contributed by atoms with van der Waals surface area (Å²) in [4.78, 5) is 20.5. The Morgan fingerprint density at radius 3 is 2.91 bits per heavy atom. The van der Waals surface area contributed by atoms with Crippen molar-refractivity contribution in [2.75, 3.05) is 13.1 Å². The number of piperidine rings is 1. The zero-order valence-electron chi connectivity index (χ0n) is 12.5. The van der Waals surface area contributed by atoms with E-state index in [1.165, 1.54) is 6.42 Å². The van der Waals surface area contributed by atoms with Gasteiger partial charge >= 0.3 is 0 Å². The zero-order chi connectivity index (χ0) is 15.3. The van der Waals surface area contributed by atoms with Crippen LogP contribution in [0.4, 0.5) is 0 Å². The molecule has 5 heteroatoms. The average Bonchev–Trinajstić information content (AvgIpc) is 3.04. The second-order valence-corrected chi connectivity index (χ2v) is 7.40. The van der Waals surface area contributed by atoms with Crippen molar-refractivity contribution < 1.29 is 4.79 Å². The van der Waals surface area contributed by atoms with Gasteiger partial charge in [-0.2, -0.15) is 0 Å². The van der Waals surface area contributed by atoms with Gasteiger partial charge in [0.05, 0.1) is 9.88 Å². The Morgan fingerprint density at radius 1 is 1.41 bits per heavy atom. The monoisotopic (exact) mass is 313 g/mol. The molecule has 0 radical (unpaired) electrons. The number of nitrogens with two attached hydrogens (primary N) is 1. The average molecular weight is 313 g/mol. The molecule has 1 aliphatic heterocycles. The van der Waals surface area contributed by atoms with Crippen molar-refractivity contribution in [1.29, 1.82) is 0 Å². The van der Waals surface area contributed by atoms with E-state index in [1.54, 1.807) is 11.3 Å². The van der Waals surface area contributed by atoms with Gasteiger partial charge in [0, 0.05) is 19.1 Å². The highest BCUT2D eigenvalue weighted by atomic mass is 32.1. The second-order valence-electron chi connectivity index (χ2n) is 6.20. The molecule has 1 aromatic carbocycles. The van der Waals surface area contributed by atoms with Gasteiger partial charge in [0.2, 0.25) is 0 Å². The van der Waals surface area contributed by atoms with Crippen LogP contribution in [0.15, 0.2) is 30.3 Å². The molecular weight excluding hydrogens is 294 g/mol. The Balaban J connectivity index is 1.69. The first-order chi connectivity index (χ1) is 10.7. The minimum absolute atomic E-state index is 0.0471. The molecule has 1 aromatic heterocycles. The molecule has 0 unspecified atom stereocenters. The fourth-order valence-electron chi connectivity index (χ4n) is 3.60. The van der Waals surface area contributed by atoms with Crippen LogP contribution >= 0.6 is 11.3 Å². The SMILES string of the molecule is Cc1nc(C(=O)N2C[C@@H]3C[C@@H]3[C@H]2CN)c(-c2ccccc2)s1. The Morgan fingerprint density at radius 2 is 2.18 bits per heavy atom. The van der Waals surface area contributed by atoms with E-state index >= 15 is 0 Å². The number of nitrogens with zero attached hydrogens (tertiary/aromatic N) is 2. The van der Waals surface area contributed by atoms with Gasteiger partial charge in [-0.25, -0.2) is 4.98 Å². The molecule has 1 amide bonds. The Hall–Kier alpha value is -1.72. The van der Waals surface area contributed by atoms with Crippen molar-refractivity contribution in [3.8, 4) is 10.4 Å². The van der Waals surface area contributed by atoms with E-state index in [9.17, 15) is 4.79 Å². The van der Waals surface area contributed by atoms with Gasteiger partial charge in [-0.1, -0.05) is 30.3 Å². The standard InChI is InChI=1S/C17H19N3OS/c1-10-19-15(16(22-10)11-5-3-2-4-6-11)17(21)20-9-12-7-13(12)14(20)8-18/h2-6,12-14H,7-9,18H2,1H3/t12-,13-,14+/m0/s1. The highest BCUT2D eigenvalue weighted by Gasteiger charge is 2.53. The van der Waals surface area contributed by atoms with Crippen molar-refractivity contribution in [3.05, 3.63) is 41.0 Å². The van der Waals surface area contributed by atoms with Gasteiger partial charge in [0.1, 0.15) is 5.69 Å². The number of benzene rings is 1. The van der Waals surface area contributed by atoms with Gasteiger partial charge in [-0.15, -0.1) is 11.3 Å². The molecule has 2 heterocycles. The van der Waals surface area contributed by atoms with E-state index < -0.39 is 0 Å². The van der Waals surface area contributed by atoms with Crippen molar-refractivity contribution in [1.82, 2.24) is 9.88 Å². The van der Waals surface area contributed by atoms with Crippen LogP contribution in [0.5, 0.6) is 0 Å². The van der Waals surface area contributed by atoms with E-state index in [2.05, 4.69) is 4.98 Å². The zero-order valence-corrected chi connectivity index (χ0v) is 13.3. The van der Waals surface area contributed by atoms with Gasteiger partial charge in [-0.05, 0) is 30.7 Å². The number of amides is 1. The molecule has 0 bridgehead atoms. The highest BCUT2D eigenvalue weighted by Crippen LogP contribution is 2.49. The molecule has 1 saturated carbocycles. The van der Waals surface area contributed by atoms with Crippen LogP contribution in [0.1, 0.15) is 21.9 Å². The number of hydrogen-bond donors (Lipinski definition) is 1. The van der Waals surface area contributed by atoms with Gasteiger partial charge in [0.15, 0.2) is 0 Å². The van der Waals surface area contributed by atoms with Crippen molar-refractivity contribution >= 4 is 17.2 Å². The molecule has 1 aliphatic carbocycles. The number of hydrogen-bond acceptors (Lipinski definition) is 4. The Bertz CT molecular complexity index is 712. The number of likely N-dealkylation sites (tertiary alicyclic amines) is 1. The smallest absolute Gasteiger partial charge is 0.274 e. The molecule has 22 heavy (non-hydrogen) atoms. The predicted octanol–water partition coefficient (Wildman–Crippen LogP) is 2.54. The van der Waals surface area contributed by atoms with Crippen molar-refractivity contribution in [3.63, 3.8) is 0 Å². The summed E-state index contributed by atoms with van der Waals surface area (Å²) >= 11 is 1.59. The first-order valence-electron chi connectivity index (χ1n) is 7.73. The van der Waals surface area contributed by atoms with Gasteiger partial charge in [0.25, 0.3) is 5.91 Å². The molecule has 1 saturated heterocycles. The molecule has 114 valence electrons. The number of carbonyl (C=O) groups excluding carboxylic acids is 1. The van der Waals surface area contributed by atoms with E-state index in [0.717, 1.165) is 22.0 Å². The summed E-state index contributed by atoms with van der Waals surface area (Å²) in [5, 5.41) is 0.927. The number of thiazole rings is 1. The maximum absolute atomic E-state index is 13.0. The molecule has 0 spiro atoms. The lowest BCUT2D eigenvalue weighted by Gasteiger charge is -2.26. The maximum Gasteiger partial charge on any atom is 0.274 e. The second kappa shape index (κ2) is 5.18. The van der Waals surface area contributed by atoms with Crippen LogP contribution in [-0.4, -0.2) is 34.9 Å². The summed E-state index contributed by atoms with van der Waals surface area (Å²) in [5.41, 5.74) is 7.55. The lowest BCUT2D eigenvalue weighted by Crippen LogP contribution is -2.43. The summed E-state index contributed by atoms with van der Waals surface area (Å²) in [5.74, 6) is 1.33. The van der Waals surface area contributed by atoms with Crippen LogP contribution in [0, 0.1) is 18.8 Å². The van der Waals surface area contributed by atoms with Gasteiger partial charge < -0.3 is 10.6 Å². The summed E-state index contributed by atoms with van der Waals surface area (Å²) in [6, 6.07) is 10.2. The van der Waals surface area contributed by atoms with E-state index in [4.69, 9.17) is 5.73 Å². The molecule has 4 rings (SSSR count). The molecule has 4 nitrogen and oxygen atoms in total. The van der Waals surface area contributed by atoms with E-state index in [0.29, 0.717) is 24.1 Å². The normalized spacial score (nSPS) is 26.1. The third-order valence-electron chi connectivity index (χ3n) is 4.78. The van der Waals surface area contributed by atoms with Crippen LogP contribution in [-0.2, 0) is 0 Å². The summed E-state index contributed by atoms with van der Waals surface area (Å²) in [7, 11) is 0. The number of rotatable bonds is 3. The van der Waals surface area contributed by atoms with Gasteiger partial charge in [-0.3, -0.25) is 4.79 Å². The molecule has 2 aromatic rings. The summed E-state index contributed by atoms with van der Waals surface area (Å²) < 4.78 is 0. The van der Waals surface area contributed by atoms with Crippen molar-refractivity contribution in [2.45, 2.75) is 19.4 Å². The Kier molecular flexibility index (Phi) is 3.27. The fraction of sp³-hybridized carbons (Fsp3) is 0.412. The molecule has 3 atom stereocenters. The minimum Gasteiger partial charge on any atom is -0.332 e. The Labute approximate surface area is 134 Å². The highest BCUT2D eigenvalue weighted by molar-refractivity contribution is 7.15. The van der Waals surface area contributed by atoms with Crippen LogP contribution in [0.3, 0.4) is 0 Å². The molecule has 2 fully saturated rings. The first-order valence-corrected chi connectivity index (χ1v) is 8.54. The summed E-state index contributed by atoms with van der Waals surface area (Å²) in [6.07, 6.45) is 1.23. The summed E-state index contributed by atoms with van der Waals surface area (Å²) in [6.45, 7) is 3.35. The fourth-order valence-corrected chi connectivity index (χ4v) is 4.52. The van der Waals surface area contributed by atoms with Crippen LogP contribution in [0.25, 0.3) is 10.4 Å². The van der Waals surface area contributed by atoms with E-state index in [1.807, 2.05) is 42.2 Å². The minimum atomic E-state index is 0.0471. The number of aromatic nitrogens is 1. The molecule has 2 N–H and O–H groups in total. The topological polar surface area (TPSA) is 59.2 Å². The number of aryl methyl sites for hydroxylation is 1. The number of fused-ring (bicyclic) bond motifs is 1. The van der Waals surface area contributed by atoms with Crippen LogP contribution in [0.2, 0.25) is 0 Å².